The van der Waals surface area contributed by atoms with Crippen molar-refractivity contribution >= 4 is 17.3 Å². The predicted octanol–water partition coefficient (Wildman–Crippen LogP) is 2.44. The number of carboxylic acids is 1. The van der Waals surface area contributed by atoms with Crippen molar-refractivity contribution in [1.29, 1.82) is 0 Å². The summed E-state index contributed by atoms with van der Waals surface area (Å²) < 4.78 is 5.11. The summed E-state index contributed by atoms with van der Waals surface area (Å²) in [6, 6.07) is 3.67. The molecule has 114 valence electrons. The monoisotopic (exact) mass is 294 g/mol. The van der Waals surface area contributed by atoms with Gasteiger partial charge < -0.3 is 14.7 Å². The van der Waals surface area contributed by atoms with E-state index in [0.717, 1.165) is 19.3 Å². The minimum absolute atomic E-state index is 0.0936. The molecule has 0 spiro atoms. The van der Waals surface area contributed by atoms with Gasteiger partial charge in [-0.3, -0.25) is 10.1 Å². The summed E-state index contributed by atoms with van der Waals surface area (Å²) in [4.78, 5) is 23.8. The quantitative estimate of drug-likeness (QED) is 0.677. The molecule has 1 aromatic carbocycles. The van der Waals surface area contributed by atoms with Gasteiger partial charge in [0.05, 0.1) is 12.0 Å². The SMILES string of the molecule is COc1ccc([N+](=O)[O-])c(N2CCCCCC2C(=O)O)c1. The first-order chi connectivity index (χ1) is 10.0. The van der Waals surface area contributed by atoms with Crippen molar-refractivity contribution in [2.24, 2.45) is 0 Å². The van der Waals surface area contributed by atoms with Crippen molar-refractivity contribution in [2.45, 2.75) is 31.7 Å². The Kier molecular flexibility index (Phi) is 4.62. The van der Waals surface area contributed by atoms with Gasteiger partial charge in [0.25, 0.3) is 5.69 Å². The molecule has 0 saturated carbocycles. The standard InChI is InChI=1S/C14H18N2O5/c1-21-10-6-7-11(16(19)20)13(9-10)15-8-4-2-3-5-12(15)14(17)18/h6-7,9,12H,2-5,8H2,1H3,(H,17,18). The second-order valence-corrected chi connectivity index (χ2v) is 5.01. The fourth-order valence-corrected chi connectivity index (χ4v) is 2.67. The zero-order valence-corrected chi connectivity index (χ0v) is 11.8. The molecule has 1 aliphatic rings. The molecule has 7 nitrogen and oxygen atoms in total. The normalized spacial score (nSPS) is 18.9. The number of carbonyl (C=O) groups is 1. The Bertz CT molecular complexity index is 546. The van der Waals surface area contributed by atoms with E-state index >= 15 is 0 Å². The molecule has 1 unspecified atom stereocenters. The number of benzene rings is 1. The lowest BCUT2D eigenvalue weighted by molar-refractivity contribution is -0.384. The summed E-state index contributed by atoms with van der Waals surface area (Å²) in [7, 11) is 1.47. The highest BCUT2D eigenvalue weighted by molar-refractivity contribution is 5.80. The predicted molar refractivity (Wildman–Crippen MR) is 76.9 cm³/mol. The molecule has 0 amide bonds. The molecule has 7 heteroatoms. The number of anilines is 1. The minimum atomic E-state index is -0.950. The van der Waals surface area contributed by atoms with Gasteiger partial charge in [-0.15, -0.1) is 0 Å². The molecule has 0 aliphatic carbocycles. The number of nitrogens with zero attached hydrogens (tertiary/aromatic N) is 2. The largest absolute Gasteiger partial charge is 0.497 e. The van der Waals surface area contributed by atoms with Crippen LogP contribution >= 0.6 is 0 Å². The van der Waals surface area contributed by atoms with E-state index in [2.05, 4.69) is 0 Å². The Labute approximate surface area is 122 Å². The highest BCUT2D eigenvalue weighted by Crippen LogP contribution is 2.35. The Balaban J connectivity index is 2.49. The number of hydrogen-bond donors (Lipinski definition) is 1. The molecule has 0 bridgehead atoms. The number of nitro groups is 1. The van der Waals surface area contributed by atoms with Gasteiger partial charge in [0.2, 0.25) is 0 Å². The van der Waals surface area contributed by atoms with E-state index in [0.29, 0.717) is 24.4 Å². The van der Waals surface area contributed by atoms with Crippen LogP contribution < -0.4 is 9.64 Å². The van der Waals surface area contributed by atoms with Crippen LogP contribution in [0.3, 0.4) is 0 Å². The van der Waals surface area contributed by atoms with E-state index in [1.807, 2.05) is 0 Å². The summed E-state index contributed by atoms with van der Waals surface area (Å²) >= 11 is 0. The molecule has 1 N–H and O–H groups in total. The van der Waals surface area contributed by atoms with Gasteiger partial charge in [-0.1, -0.05) is 12.8 Å². The fraction of sp³-hybridized carbons (Fsp3) is 0.500. The van der Waals surface area contributed by atoms with E-state index in [4.69, 9.17) is 4.74 Å². The molecular weight excluding hydrogens is 276 g/mol. The summed E-state index contributed by atoms with van der Waals surface area (Å²) in [5.74, 6) is -0.474. The smallest absolute Gasteiger partial charge is 0.326 e. The number of rotatable bonds is 4. The van der Waals surface area contributed by atoms with Crippen LogP contribution in [0.1, 0.15) is 25.7 Å². The zero-order valence-electron chi connectivity index (χ0n) is 11.8. The van der Waals surface area contributed by atoms with E-state index in [1.54, 1.807) is 11.0 Å². The third kappa shape index (κ3) is 3.24. The highest BCUT2D eigenvalue weighted by Gasteiger charge is 2.31. The van der Waals surface area contributed by atoms with Crippen LogP contribution in [0.2, 0.25) is 0 Å². The zero-order chi connectivity index (χ0) is 15.4. The van der Waals surface area contributed by atoms with Gasteiger partial charge in [0, 0.05) is 18.7 Å². The minimum Gasteiger partial charge on any atom is -0.497 e. The van der Waals surface area contributed by atoms with E-state index in [9.17, 15) is 20.0 Å². The molecule has 1 aliphatic heterocycles. The maximum Gasteiger partial charge on any atom is 0.326 e. The lowest BCUT2D eigenvalue weighted by atomic mass is 10.1. The van der Waals surface area contributed by atoms with Crippen LogP contribution in [0.5, 0.6) is 5.75 Å². The van der Waals surface area contributed by atoms with Crippen molar-refractivity contribution in [1.82, 2.24) is 0 Å². The Morgan fingerprint density at radius 2 is 2.19 bits per heavy atom. The number of ether oxygens (including phenoxy) is 1. The third-order valence-corrected chi connectivity index (χ3v) is 3.73. The maximum absolute atomic E-state index is 11.5. The summed E-state index contributed by atoms with van der Waals surface area (Å²) in [6.07, 6.45) is 3.05. The molecule has 1 atom stereocenters. The molecule has 0 aromatic heterocycles. The molecule has 1 fully saturated rings. The topological polar surface area (TPSA) is 92.9 Å². The molecule has 1 saturated heterocycles. The van der Waals surface area contributed by atoms with E-state index in [1.165, 1.54) is 19.2 Å². The number of carboxylic acid groups (broad SMARTS) is 1. The highest BCUT2D eigenvalue weighted by atomic mass is 16.6. The number of hydrogen-bond acceptors (Lipinski definition) is 5. The number of aliphatic carboxylic acids is 1. The van der Waals surface area contributed by atoms with Crippen molar-refractivity contribution in [3.05, 3.63) is 28.3 Å². The Morgan fingerprint density at radius 1 is 1.43 bits per heavy atom. The van der Waals surface area contributed by atoms with E-state index < -0.39 is 16.9 Å². The summed E-state index contributed by atoms with van der Waals surface area (Å²) in [5, 5.41) is 20.6. The van der Waals surface area contributed by atoms with Crippen molar-refractivity contribution in [3.8, 4) is 5.75 Å². The maximum atomic E-state index is 11.5. The Hall–Kier alpha value is -2.31. The number of methoxy groups -OCH3 is 1. The van der Waals surface area contributed by atoms with Gasteiger partial charge in [-0.05, 0) is 18.9 Å². The van der Waals surface area contributed by atoms with Gasteiger partial charge in [0.1, 0.15) is 17.5 Å². The average Bonchev–Trinajstić information content (AvgIpc) is 2.72. The lowest BCUT2D eigenvalue weighted by Crippen LogP contribution is -2.41. The molecule has 1 aromatic rings. The van der Waals surface area contributed by atoms with Crippen molar-refractivity contribution < 1.29 is 19.6 Å². The van der Waals surface area contributed by atoms with Gasteiger partial charge in [0.15, 0.2) is 0 Å². The molecular formula is C14H18N2O5. The van der Waals surface area contributed by atoms with Crippen LogP contribution in [0.4, 0.5) is 11.4 Å². The first kappa shape index (κ1) is 15.1. The van der Waals surface area contributed by atoms with Crippen molar-refractivity contribution in [2.75, 3.05) is 18.6 Å². The average molecular weight is 294 g/mol. The second kappa shape index (κ2) is 6.43. The van der Waals surface area contributed by atoms with Crippen LogP contribution in [0, 0.1) is 10.1 Å². The third-order valence-electron chi connectivity index (χ3n) is 3.73. The Morgan fingerprint density at radius 3 is 2.81 bits per heavy atom. The number of nitro benzene ring substituents is 1. The summed E-state index contributed by atoms with van der Waals surface area (Å²) in [5.41, 5.74) is 0.220. The summed E-state index contributed by atoms with van der Waals surface area (Å²) in [6.45, 7) is 0.491. The molecule has 21 heavy (non-hydrogen) atoms. The fourth-order valence-electron chi connectivity index (χ4n) is 2.67. The van der Waals surface area contributed by atoms with Crippen LogP contribution in [0.25, 0.3) is 0 Å². The first-order valence-corrected chi connectivity index (χ1v) is 6.86. The van der Waals surface area contributed by atoms with Gasteiger partial charge in [-0.2, -0.15) is 0 Å². The molecule has 0 radical (unpaired) electrons. The van der Waals surface area contributed by atoms with Gasteiger partial charge in [-0.25, -0.2) is 4.79 Å². The van der Waals surface area contributed by atoms with Gasteiger partial charge >= 0.3 is 5.97 Å². The second-order valence-electron chi connectivity index (χ2n) is 5.01. The lowest BCUT2D eigenvalue weighted by Gasteiger charge is -2.28. The van der Waals surface area contributed by atoms with Crippen LogP contribution in [0.15, 0.2) is 18.2 Å². The molecule has 2 rings (SSSR count). The van der Waals surface area contributed by atoms with E-state index in [-0.39, 0.29) is 5.69 Å². The van der Waals surface area contributed by atoms with Crippen LogP contribution in [-0.4, -0.2) is 35.7 Å². The van der Waals surface area contributed by atoms with Crippen molar-refractivity contribution in [3.63, 3.8) is 0 Å². The van der Waals surface area contributed by atoms with Crippen LogP contribution in [-0.2, 0) is 4.79 Å². The molecule has 1 heterocycles. The first-order valence-electron chi connectivity index (χ1n) is 6.86.